The second-order valence-electron chi connectivity index (χ2n) is 7.46. The van der Waals surface area contributed by atoms with Crippen molar-refractivity contribution < 1.29 is 21.6 Å². The average Bonchev–Trinajstić information content (AvgIpc) is 2.78. The van der Waals surface area contributed by atoms with E-state index >= 15 is 0 Å². The zero-order valence-corrected chi connectivity index (χ0v) is 21.5. The Labute approximate surface area is 208 Å². The van der Waals surface area contributed by atoms with Gasteiger partial charge in [0.15, 0.2) is 0 Å². The maximum absolute atomic E-state index is 12.6. The van der Waals surface area contributed by atoms with E-state index in [9.17, 15) is 21.6 Å². The van der Waals surface area contributed by atoms with E-state index in [0.717, 1.165) is 10.7 Å². The van der Waals surface area contributed by atoms with Crippen LogP contribution in [0.25, 0.3) is 0 Å². The Hall–Kier alpha value is -2.89. The number of halogens is 1. The highest BCUT2D eigenvalue weighted by Gasteiger charge is 2.18. The van der Waals surface area contributed by atoms with Gasteiger partial charge in [-0.3, -0.25) is 13.8 Å². The Morgan fingerprint density at radius 1 is 0.853 bits per heavy atom. The van der Waals surface area contributed by atoms with Crippen molar-refractivity contribution in [3.63, 3.8) is 0 Å². The third-order valence-electron chi connectivity index (χ3n) is 4.75. The second-order valence-corrected chi connectivity index (χ2v) is 12.0. The van der Waals surface area contributed by atoms with Crippen LogP contribution in [0.5, 0.6) is 0 Å². The zero-order valence-electron chi connectivity index (χ0n) is 18.3. The summed E-state index contributed by atoms with van der Waals surface area (Å²) in [5.74, 6) is -0.301. The number of hydrogen-bond acceptors (Lipinski definition) is 5. The van der Waals surface area contributed by atoms with Crippen LogP contribution in [0.3, 0.4) is 0 Å². The summed E-state index contributed by atoms with van der Waals surface area (Å²) in [6, 6.07) is 21.2. The number of sulfonamides is 2. The molecule has 0 aromatic heterocycles. The van der Waals surface area contributed by atoms with E-state index < -0.39 is 20.0 Å². The van der Waals surface area contributed by atoms with Crippen molar-refractivity contribution in [2.75, 3.05) is 27.1 Å². The SMILES string of the molecule is CS(=O)(=O)N(CCCC(=O)Nc1ccc(S(=O)(=O)Nc2ccc(Br)cc2)cc1)c1ccccc1. The van der Waals surface area contributed by atoms with Crippen LogP contribution in [-0.2, 0) is 24.8 Å². The largest absolute Gasteiger partial charge is 0.326 e. The maximum Gasteiger partial charge on any atom is 0.261 e. The summed E-state index contributed by atoms with van der Waals surface area (Å²) in [6.07, 6.45) is 1.54. The number of nitrogens with zero attached hydrogens (tertiary/aromatic N) is 1. The summed E-state index contributed by atoms with van der Waals surface area (Å²) >= 11 is 3.30. The molecule has 3 rings (SSSR count). The summed E-state index contributed by atoms with van der Waals surface area (Å²) < 4.78 is 53.9. The lowest BCUT2D eigenvalue weighted by Gasteiger charge is -2.22. The van der Waals surface area contributed by atoms with Gasteiger partial charge in [0.1, 0.15) is 0 Å². The van der Waals surface area contributed by atoms with Crippen LogP contribution in [0.15, 0.2) is 88.2 Å². The minimum Gasteiger partial charge on any atom is -0.326 e. The van der Waals surface area contributed by atoms with Gasteiger partial charge in [-0.15, -0.1) is 0 Å². The predicted octanol–water partition coefficient (Wildman–Crippen LogP) is 4.43. The van der Waals surface area contributed by atoms with Crippen LogP contribution in [0.2, 0.25) is 0 Å². The van der Waals surface area contributed by atoms with Gasteiger partial charge < -0.3 is 5.32 Å². The molecule has 0 aliphatic heterocycles. The summed E-state index contributed by atoms with van der Waals surface area (Å²) in [6.45, 7) is 0.162. The fourth-order valence-electron chi connectivity index (χ4n) is 3.14. The number of anilines is 3. The van der Waals surface area contributed by atoms with Gasteiger partial charge in [-0.25, -0.2) is 16.8 Å². The Morgan fingerprint density at radius 3 is 2.03 bits per heavy atom. The predicted molar refractivity (Wildman–Crippen MR) is 138 cm³/mol. The number of amides is 1. The lowest BCUT2D eigenvalue weighted by molar-refractivity contribution is -0.116. The molecule has 34 heavy (non-hydrogen) atoms. The minimum absolute atomic E-state index is 0.0556. The summed E-state index contributed by atoms with van der Waals surface area (Å²) in [4.78, 5) is 12.4. The molecule has 0 fully saturated rings. The highest BCUT2D eigenvalue weighted by molar-refractivity contribution is 9.10. The third-order valence-corrected chi connectivity index (χ3v) is 7.87. The smallest absolute Gasteiger partial charge is 0.261 e. The van der Waals surface area contributed by atoms with Crippen molar-refractivity contribution in [1.29, 1.82) is 0 Å². The van der Waals surface area contributed by atoms with Crippen molar-refractivity contribution in [3.05, 3.63) is 83.3 Å². The van der Waals surface area contributed by atoms with E-state index in [1.807, 2.05) is 0 Å². The number of benzene rings is 3. The average molecular weight is 566 g/mol. The third kappa shape index (κ3) is 7.31. The molecule has 0 spiro atoms. The first-order valence-electron chi connectivity index (χ1n) is 10.3. The van der Waals surface area contributed by atoms with Crippen LogP contribution >= 0.6 is 15.9 Å². The van der Waals surface area contributed by atoms with E-state index in [-0.39, 0.29) is 23.8 Å². The monoisotopic (exact) mass is 565 g/mol. The highest BCUT2D eigenvalue weighted by atomic mass is 79.9. The number of hydrogen-bond donors (Lipinski definition) is 2. The fraction of sp³-hybridized carbons (Fsp3) is 0.174. The minimum atomic E-state index is -3.78. The van der Waals surface area contributed by atoms with Crippen LogP contribution < -0.4 is 14.3 Å². The van der Waals surface area contributed by atoms with Crippen LogP contribution in [0, 0.1) is 0 Å². The van der Waals surface area contributed by atoms with Crippen LogP contribution in [0.1, 0.15) is 12.8 Å². The molecule has 0 atom stereocenters. The van der Waals surface area contributed by atoms with E-state index in [0.29, 0.717) is 23.5 Å². The molecule has 11 heteroatoms. The molecule has 0 radical (unpaired) electrons. The maximum atomic E-state index is 12.6. The molecule has 1 amide bonds. The molecular formula is C23H24BrN3O5S2. The molecule has 0 saturated carbocycles. The molecule has 180 valence electrons. The zero-order chi connectivity index (χ0) is 24.8. The van der Waals surface area contributed by atoms with Gasteiger partial charge in [-0.2, -0.15) is 0 Å². The van der Waals surface area contributed by atoms with Crippen molar-refractivity contribution in [1.82, 2.24) is 0 Å². The number of para-hydroxylation sites is 1. The van der Waals surface area contributed by atoms with Crippen LogP contribution in [-0.4, -0.2) is 35.5 Å². The van der Waals surface area contributed by atoms with E-state index in [1.165, 1.54) is 28.6 Å². The normalized spacial score (nSPS) is 11.6. The summed E-state index contributed by atoms with van der Waals surface area (Å²) in [7, 11) is -7.26. The number of rotatable bonds is 10. The summed E-state index contributed by atoms with van der Waals surface area (Å²) in [5, 5.41) is 2.70. The number of nitrogens with one attached hydrogen (secondary N) is 2. The lowest BCUT2D eigenvalue weighted by atomic mass is 10.2. The quantitative estimate of drug-likeness (QED) is 0.377. The first-order valence-corrected chi connectivity index (χ1v) is 14.4. The fourth-order valence-corrected chi connectivity index (χ4v) is 5.43. The molecular weight excluding hydrogens is 542 g/mol. The molecule has 0 heterocycles. The van der Waals surface area contributed by atoms with Gasteiger partial charge >= 0.3 is 0 Å². The Bertz CT molecular complexity index is 1330. The van der Waals surface area contributed by atoms with E-state index in [4.69, 9.17) is 0 Å². The first kappa shape index (κ1) is 25.7. The standard InChI is InChI=1S/C23H24BrN3O5S2/c1-33(29,30)27(21-6-3-2-4-7-21)17-5-8-23(28)25-19-13-15-22(16-14-19)34(31,32)26-20-11-9-18(24)10-12-20/h2-4,6-7,9-16,26H,5,8,17H2,1H3,(H,25,28). The highest BCUT2D eigenvalue weighted by Crippen LogP contribution is 2.21. The number of carbonyl (C=O) groups excluding carboxylic acids is 1. The second kappa shape index (κ2) is 11.0. The van der Waals surface area contributed by atoms with Crippen LogP contribution in [0.4, 0.5) is 17.1 Å². The van der Waals surface area contributed by atoms with Gasteiger partial charge in [-0.1, -0.05) is 34.1 Å². The van der Waals surface area contributed by atoms with Crippen molar-refractivity contribution in [2.24, 2.45) is 0 Å². The molecule has 0 unspecified atom stereocenters. The Balaban J connectivity index is 1.55. The molecule has 0 aliphatic rings. The molecule has 2 N–H and O–H groups in total. The molecule has 0 saturated heterocycles. The molecule has 3 aromatic rings. The van der Waals surface area contributed by atoms with Gasteiger partial charge in [0.25, 0.3) is 10.0 Å². The van der Waals surface area contributed by atoms with E-state index in [2.05, 4.69) is 26.0 Å². The van der Waals surface area contributed by atoms with E-state index in [1.54, 1.807) is 54.6 Å². The molecule has 0 aliphatic carbocycles. The topological polar surface area (TPSA) is 113 Å². The Kier molecular flexibility index (Phi) is 8.34. The summed E-state index contributed by atoms with van der Waals surface area (Å²) in [5.41, 5.74) is 1.41. The lowest BCUT2D eigenvalue weighted by Crippen LogP contribution is -2.31. The first-order chi connectivity index (χ1) is 16.0. The Morgan fingerprint density at radius 2 is 1.44 bits per heavy atom. The molecule has 8 nitrogen and oxygen atoms in total. The van der Waals surface area contributed by atoms with Crippen molar-refractivity contribution in [2.45, 2.75) is 17.7 Å². The van der Waals surface area contributed by atoms with Gasteiger partial charge in [0.05, 0.1) is 16.8 Å². The molecule has 3 aromatic carbocycles. The van der Waals surface area contributed by atoms with Crippen molar-refractivity contribution >= 4 is 58.9 Å². The van der Waals surface area contributed by atoms with Gasteiger partial charge in [0, 0.05) is 28.8 Å². The van der Waals surface area contributed by atoms with Gasteiger partial charge in [-0.05, 0) is 67.1 Å². The molecule has 0 bridgehead atoms. The van der Waals surface area contributed by atoms with Gasteiger partial charge in [0.2, 0.25) is 15.9 Å². The van der Waals surface area contributed by atoms with Crippen molar-refractivity contribution in [3.8, 4) is 0 Å². The number of carbonyl (C=O) groups is 1.